The standard InChI is InChI=1S/C17H14ClNO3/c18-16(20)9-19-17(21)22-10-12-5-3-7-14-13-6-2-1-4-11(13)8-15(12)14/h1-7H,8-10H2,(H,19,21). The molecule has 0 unspecified atom stereocenters. The van der Waals surface area contributed by atoms with Gasteiger partial charge in [-0.15, -0.1) is 0 Å². The lowest BCUT2D eigenvalue weighted by atomic mass is 10.0. The number of benzene rings is 2. The number of halogens is 1. The van der Waals surface area contributed by atoms with Crippen molar-refractivity contribution in [2.75, 3.05) is 6.54 Å². The smallest absolute Gasteiger partial charge is 0.407 e. The third-order valence-electron chi connectivity index (χ3n) is 3.68. The van der Waals surface area contributed by atoms with Gasteiger partial charge in [0.1, 0.15) is 6.61 Å². The van der Waals surface area contributed by atoms with Crippen LogP contribution >= 0.6 is 11.6 Å². The van der Waals surface area contributed by atoms with Crippen molar-refractivity contribution in [2.45, 2.75) is 13.0 Å². The minimum atomic E-state index is -0.651. The number of ether oxygens (including phenoxy) is 1. The van der Waals surface area contributed by atoms with Gasteiger partial charge in [-0.05, 0) is 45.8 Å². The second-order valence-electron chi connectivity index (χ2n) is 5.06. The summed E-state index contributed by atoms with van der Waals surface area (Å²) >= 11 is 5.16. The highest BCUT2D eigenvalue weighted by atomic mass is 35.5. The largest absolute Gasteiger partial charge is 0.445 e. The van der Waals surface area contributed by atoms with Crippen molar-refractivity contribution in [3.63, 3.8) is 0 Å². The van der Waals surface area contributed by atoms with Crippen LogP contribution in [0.2, 0.25) is 0 Å². The van der Waals surface area contributed by atoms with Crippen LogP contribution in [0.3, 0.4) is 0 Å². The molecule has 2 aromatic rings. The average molecular weight is 316 g/mol. The van der Waals surface area contributed by atoms with E-state index in [4.69, 9.17) is 16.3 Å². The Bertz CT molecular complexity index is 742. The maximum Gasteiger partial charge on any atom is 0.407 e. The van der Waals surface area contributed by atoms with Crippen molar-refractivity contribution in [3.05, 3.63) is 59.2 Å². The molecule has 0 saturated carbocycles. The van der Waals surface area contributed by atoms with E-state index in [9.17, 15) is 9.59 Å². The topological polar surface area (TPSA) is 55.4 Å². The Labute approximate surface area is 133 Å². The molecule has 22 heavy (non-hydrogen) atoms. The summed E-state index contributed by atoms with van der Waals surface area (Å²) < 4.78 is 5.14. The first-order chi connectivity index (χ1) is 10.6. The first kappa shape index (κ1) is 14.6. The maximum atomic E-state index is 11.5. The van der Waals surface area contributed by atoms with Gasteiger partial charge in [-0.1, -0.05) is 42.5 Å². The molecule has 1 N–H and O–H groups in total. The molecule has 4 nitrogen and oxygen atoms in total. The van der Waals surface area contributed by atoms with Crippen LogP contribution in [-0.4, -0.2) is 17.9 Å². The van der Waals surface area contributed by atoms with Gasteiger partial charge < -0.3 is 10.1 Å². The van der Waals surface area contributed by atoms with Crippen molar-refractivity contribution in [1.82, 2.24) is 5.32 Å². The highest BCUT2D eigenvalue weighted by Gasteiger charge is 2.20. The molecule has 0 aromatic heterocycles. The molecule has 1 aliphatic carbocycles. The highest BCUT2D eigenvalue weighted by Crippen LogP contribution is 2.38. The average Bonchev–Trinajstić information content (AvgIpc) is 2.90. The Balaban J connectivity index is 1.72. The Hall–Kier alpha value is -2.33. The van der Waals surface area contributed by atoms with Crippen LogP contribution in [0.15, 0.2) is 42.5 Å². The summed E-state index contributed by atoms with van der Waals surface area (Å²) in [5, 5.41) is 1.66. The van der Waals surface area contributed by atoms with Crippen LogP contribution in [0, 0.1) is 0 Å². The fourth-order valence-corrected chi connectivity index (χ4v) is 2.76. The van der Waals surface area contributed by atoms with Gasteiger partial charge in [-0.2, -0.15) is 0 Å². The van der Waals surface area contributed by atoms with Gasteiger partial charge in [0.05, 0.1) is 6.54 Å². The van der Waals surface area contributed by atoms with E-state index < -0.39 is 11.3 Å². The molecule has 0 aliphatic heterocycles. The normalized spacial score (nSPS) is 11.5. The van der Waals surface area contributed by atoms with E-state index in [0.717, 1.165) is 12.0 Å². The molecule has 0 heterocycles. The van der Waals surface area contributed by atoms with Crippen LogP contribution in [0.1, 0.15) is 16.7 Å². The van der Waals surface area contributed by atoms with Crippen molar-refractivity contribution in [2.24, 2.45) is 0 Å². The molecule has 0 spiro atoms. The van der Waals surface area contributed by atoms with Gasteiger partial charge in [0.25, 0.3) is 0 Å². The lowest BCUT2D eigenvalue weighted by molar-refractivity contribution is -0.110. The molecule has 0 fully saturated rings. The van der Waals surface area contributed by atoms with Crippen LogP contribution < -0.4 is 5.32 Å². The van der Waals surface area contributed by atoms with E-state index >= 15 is 0 Å². The number of rotatable bonds is 4. The fourth-order valence-electron chi connectivity index (χ4n) is 2.69. The molecular weight excluding hydrogens is 302 g/mol. The van der Waals surface area contributed by atoms with Crippen molar-refractivity contribution in [3.8, 4) is 11.1 Å². The van der Waals surface area contributed by atoms with E-state index in [-0.39, 0.29) is 13.2 Å². The SMILES string of the molecule is O=C(Cl)CNC(=O)OCc1cccc2c1Cc1ccccc1-2. The lowest BCUT2D eigenvalue weighted by Crippen LogP contribution is -2.28. The van der Waals surface area contributed by atoms with E-state index in [2.05, 4.69) is 23.5 Å². The maximum absolute atomic E-state index is 11.5. The number of alkyl carbamates (subject to hydrolysis) is 1. The van der Waals surface area contributed by atoms with E-state index in [0.29, 0.717) is 0 Å². The van der Waals surface area contributed by atoms with E-state index in [1.165, 1.54) is 22.3 Å². The molecule has 0 saturated heterocycles. The molecule has 1 aliphatic rings. The Kier molecular flexibility index (Phi) is 4.11. The minimum absolute atomic E-state index is 0.166. The first-order valence-electron chi connectivity index (χ1n) is 6.93. The van der Waals surface area contributed by atoms with Gasteiger partial charge in [0.15, 0.2) is 0 Å². The summed E-state index contributed by atoms with van der Waals surface area (Å²) in [6.45, 7) is -0.0712. The summed E-state index contributed by atoms with van der Waals surface area (Å²) in [6, 6.07) is 14.2. The van der Waals surface area contributed by atoms with Gasteiger partial charge in [0.2, 0.25) is 5.24 Å². The number of nitrogens with one attached hydrogen (secondary N) is 1. The van der Waals surface area contributed by atoms with Gasteiger partial charge in [-0.25, -0.2) is 4.79 Å². The van der Waals surface area contributed by atoms with E-state index in [1.54, 1.807) is 0 Å². The molecule has 0 atom stereocenters. The molecule has 3 rings (SSSR count). The zero-order chi connectivity index (χ0) is 15.5. The minimum Gasteiger partial charge on any atom is -0.445 e. The van der Waals surface area contributed by atoms with Crippen molar-refractivity contribution in [1.29, 1.82) is 0 Å². The lowest BCUT2D eigenvalue weighted by Gasteiger charge is -2.10. The summed E-state index contributed by atoms with van der Waals surface area (Å²) in [6.07, 6.45) is 0.189. The predicted molar refractivity (Wildman–Crippen MR) is 83.7 cm³/mol. The molecule has 2 aromatic carbocycles. The summed E-state index contributed by atoms with van der Waals surface area (Å²) in [5.74, 6) is 0. The summed E-state index contributed by atoms with van der Waals surface area (Å²) in [7, 11) is 0. The predicted octanol–water partition coefficient (Wildman–Crippen LogP) is 3.25. The molecule has 1 amide bonds. The van der Waals surface area contributed by atoms with Crippen LogP contribution in [0.25, 0.3) is 11.1 Å². The quantitative estimate of drug-likeness (QED) is 0.752. The number of carbonyl (C=O) groups is 2. The van der Waals surface area contributed by atoms with Gasteiger partial charge in [0, 0.05) is 0 Å². The Morgan fingerprint density at radius 2 is 1.86 bits per heavy atom. The second kappa shape index (κ2) is 6.20. The van der Waals surface area contributed by atoms with Gasteiger partial charge in [-0.3, -0.25) is 4.79 Å². The zero-order valence-corrected chi connectivity index (χ0v) is 12.5. The Morgan fingerprint density at radius 3 is 2.68 bits per heavy atom. The summed E-state index contributed by atoms with van der Waals surface area (Å²) in [5.41, 5.74) is 5.86. The molecule has 0 radical (unpaired) electrons. The summed E-state index contributed by atoms with van der Waals surface area (Å²) in [4.78, 5) is 22.1. The van der Waals surface area contributed by atoms with Crippen LogP contribution in [0.5, 0.6) is 0 Å². The first-order valence-corrected chi connectivity index (χ1v) is 7.31. The van der Waals surface area contributed by atoms with Crippen molar-refractivity contribution >= 4 is 22.9 Å². The number of hydrogen-bond acceptors (Lipinski definition) is 3. The van der Waals surface area contributed by atoms with E-state index in [1.807, 2.05) is 24.3 Å². The van der Waals surface area contributed by atoms with Gasteiger partial charge >= 0.3 is 6.09 Å². The van der Waals surface area contributed by atoms with Crippen LogP contribution in [-0.2, 0) is 22.6 Å². The molecule has 5 heteroatoms. The number of carbonyl (C=O) groups excluding carboxylic acids is 2. The molecule has 112 valence electrons. The third kappa shape index (κ3) is 2.97. The second-order valence-corrected chi connectivity index (χ2v) is 5.48. The monoisotopic (exact) mass is 315 g/mol. The Morgan fingerprint density at radius 1 is 1.09 bits per heavy atom. The molecular formula is C17H14ClNO3. The highest BCUT2D eigenvalue weighted by molar-refractivity contribution is 6.64. The number of amides is 1. The van der Waals surface area contributed by atoms with Crippen molar-refractivity contribution < 1.29 is 14.3 Å². The molecule has 0 bridgehead atoms. The number of fused-ring (bicyclic) bond motifs is 3. The fraction of sp³-hybridized carbons (Fsp3) is 0.176. The third-order valence-corrected chi connectivity index (χ3v) is 3.81. The zero-order valence-electron chi connectivity index (χ0n) is 11.8. The van der Waals surface area contributed by atoms with Crippen LogP contribution in [0.4, 0.5) is 4.79 Å². The number of hydrogen-bond donors (Lipinski definition) is 1.